The molecule has 2 saturated heterocycles. The van der Waals surface area contributed by atoms with Crippen molar-refractivity contribution in [2.75, 3.05) is 13.2 Å². The number of nitrogens with zero attached hydrogens (tertiary/aromatic N) is 1. The van der Waals surface area contributed by atoms with Gasteiger partial charge in [-0.3, -0.25) is 4.79 Å². The minimum atomic E-state index is -1.03. The van der Waals surface area contributed by atoms with Crippen LogP contribution in [-0.2, 0) is 14.3 Å². The highest BCUT2D eigenvalue weighted by molar-refractivity contribution is 5.91. The van der Waals surface area contributed by atoms with Gasteiger partial charge in [0.1, 0.15) is 12.1 Å². The summed E-state index contributed by atoms with van der Waals surface area (Å²) in [7, 11) is 0. The molecule has 2 aromatic rings. The average molecular weight is 461 g/mol. The molecule has 4 fully saturated rings. The highest BCUT2D eigenvalue weighted by Gasteiger charge is 2.63. The molecule has 2 aliphatic heterocycles. The van der Waals surface area contributed by atoms with Crippen molar-refractivity contribution in [2.45, 2.75) is 49.6 Å². The lowest BCUT2D eigenvalue weighted by atomic mass is 9.73. The van der Waals surface area contributed by atoms with E-state index in [1.54, 1.807) is 4.90 Å². The van der Waals surface area contributed by atoms with Crippen molar-refractivity contribution in [2.24, 2.45) is 11.8 Å². The first kappa shape index (κ1) is 21.2. The Hall–Kier alpha value is -3.35. The molecule has 5 aliphatic rings. The molecular weight excluding hydrogens is 432 g/mol. The second-order valence-corrected chi connectivity index (χ2v) is 10.2. The summed E-state index contributed by atoms with van der Waals surface area (Å²) in [5.74, 6) is -1.17. The van der Waals surface area contributed by atoms with Crippen molar-refractivity contribution >= 4 is 18.0 Å². The van der Waals surface area contributed by atoms with E-state index in [1.807, 2.05) is 24.3 Å². The largest absolute Gasteiger partial charge is 0.479 e. The lowest BCUT2D eigenvalue weighted by Crippen LogP contribution is -2.57. The lowest BCUT2D eigenvalue weighted by molar-refractivity contribution is -0.160. The third-order valence-corrected chi connectivity index (χ3v) is 8.35. The molecule has 2 aromatic carbocycles. The maximum absolute atomic E-state index is 13.3. The number of carbonyl (C=O) groups excluding carboxylic acids is 2. The van der Waals surface area contributed by atoms with Crippen molar-refractivity contribution in [3.8, 4) is 11.1 Å². The van der Waals surface area contributed by atoms with E-state index in [0.29, 0.717) is 32.2 Å². The van der Waals surface area contributed by atoms with Crippen LogP contribution in [0.1, 0.15) is 49.1 Å². The van der Waals surface area contributed by atoms with Crippen LogP contribution >= 0.6 is 0 Å². The fraction of sp³-hybridized carbons (Fsp3) is 0.444. The van der Waals surface area contributed by atoms with Gasteiger partial charge in [0.05, 0.1) is 5.92 Å². The number of amides is 2. The standard InChI is InChI=1S/C27H28N2O5/c30-24(29-14-16-12-27(29,13-16)25(31)32)21-10-5-11-23(21)28-26(33)34-15-22-19-8-3-1-6-17(19)18-7-2-4-9-20(18)22/h1-4,6-9,16,21-23H,5,10-15H2,(H,28,33)(H,31,32)/t16?,21-,23+,27?/m1/s1. The molecule has 7 heteroatoms. The molecule has 34 heavy (non-hydrogen) atoms. The number of carbonyl (C=O) groups is 3. The molecular formula is C27H28N2O5. The number of carboxylic acid groups (broad SMARTS) is 1. The van der Waals surface area contributed by atoms with E-state index in [2.05, 4.69) is 29.6 Å². The van der Waals surface area contributed by atoms with E-state index in [1.165, 1.54) is 11.1 Å². The van der Waals surface area contributed by atoms with Crippen LogP contribution in [0.25, 0.3) is 11.1 Å². The molecule has 2 atom stereocenters. The van der Waals surface area contributed by atoms with Crippen LogP contribution in [0.15, 0.2) is 48.5 Å². The molecule has 0 aromatic heterocycles. The van der Waals surface area contributed by atoms with Gasteiger partial charge >= 0.3 is 12.1 Å². The molecule has 176 valence electrons. The molecule has 0 unspecified atom stereocenters. The molecule has 7 nitrogen and oxygen atoms in total. The van der Waals surface area contributed by atoms with E-state index in [9.17, 15) is 19.5 Å². The predicted octanol–water partition coefficient (Wildman–Crippen LogP) is 3.77. The highest BCUT2D eigenvalue weighted by atomic mass is 16.5. The van der Waals surface area contributed by atoms with E-state index in [0.717, 1.165) is 17.5 Å². The smallest absolute Gasteiger partial charge is 0.407 e. The van der Waals surface area contributed by atoms with Crippen LogP contribution in [-0.4, -0.2) is 52.7 Å². The van der Waals surface area contributed by atoms with Gasteiger partial charge in [0.2, 0.25) is 5.91 Å². The number of carboxylic acids is 1. The molecule has 2 bridgehead atoms. The summed E-state index contributed by atoms with van der Waals surface area (Å²) in [6, 6.07) is 16.0. The Balaban J connectivity index is 1.11. The monoisotopic (exact) mass is 460 g/mol. The van der Waals surface area contributed by atoms with Gasteiger partial charge in [0.25, 0.3) is 0 Å². The third kappa shape index (κ3) is 3.13. The number of nitrogens with one attached hydrogen (secondary N) is 1. The Kier molecular flexibility index (Phi) is 4.90. The fourth-order valence-electron chi connectivity index (χ4n) is 6.69. The number of ether oxygens (including phenoxy) is 1. The normalized spacial score (nSPS) is 28.7. The van der Waals surface area contributed by atoms with Crippen LogP contribution in [0.4, 0.5) is 4.79 Å². The summed E-state index contributed by atoms with van der Waals surface area (Å²) in [5, 5.41) is 12.6. The van der Waals surface area contributed by atoms with E-state index < -0.39 is 23.5 Å². The van der Waals surface area contributed by atoms with Gasteiger partial charge in [-0.25, -0.2) is 9.59 Å². The minimum absolute atomic E-state index is 0.0222. The van der Waals surface area contributed by atoms with Crippen molar-refractivity contribution < 1.29 is 24.2 Å². The zero-order valence-electron chi connectivity index (χ0n) is 18.9. The van der Waals surface area contributed by atoms with Crippen molar-refractivity contribution in [3.63, 3.8) is 0 Å². The number of hydrogen-bond acceptors (Lipinski definition) is 4. The van der Waals surface area contributed by atoms with Gasteiger partial charge in [-0.05, 0) is 53.9 Å². The SMILES string of the molecule is O=C(N[C@H]1CCC[C@H]1C(=O)N1CC2CC1(C(=O)O)C2)OCC1c2ccccc2-c2ccccc21. The van der Waals surface area contributed by atoms with Crippen LogP contribution in [0.3, 0.4) is 0 Å². The average Bonchev–Trinajstić information content (AvgIpc) is 3.57. The maximum atomic E-state index is 13.3. The van der Waals surface area contributed by atoms with Crippen LogP contribution in [0.2, 0.25) is 0 Å². The first-order valence-electron chi connectivity index (χ1n) is 12.1. The van der Waals surface area contributed by atoms with E-state index >= 15 is 0 Å². The predicted molar refractivity (Wildman–Crippen MR) is 124 cm³/mol. The Morgan fingerprint density at radius 3 is 2.29 bits per heavy atom. The molecule has 3 aliphatic carbocycles. The molecule has 0 radical (unpaired) electrons. The number of hydrogen-bond donors (Lipinski definition) is 2. The maximum Gasteiger partial charge on any atom is 0.407 e. The topological polar surface area (TPSA) is 95.9 Å². The second-order valence-electron chi connectivity index (χ2n) is 10.2. The Morgan fingerprint density at radius 2 is 1.65 bits per heavy atom. The number of fused-ring (bicyclic) bond motifs is 4. The van der Waals surface area contributed by atoms with Crippen molar-refractivity contribution in [1.82, 2.24) is 10.2 Å². The highest BCUT2D eigenvalue weighted by Crippen LogP contribution is 2.52. The first-order chi connectivity index (χ1) is 16.5. The number of alkyl carbamates (subject to hydrolysis) is 1. The van der Waals surface area contributed by atoms with E-state index in [4.69, 9.17) is 4.74 Å². The quantitative estimate of drug-likeness (QED) is 0.708. The summed E-state index contributed by atoms with van der Waals surface area (Å²) in [6.07, 6.45) is 2.74. The molecule has 2 heterocycles. The van der Waals surface area contributed by atoms with Gasteiger partial charge in [-0.1, -0.05) is 55.0 Å². The Bertz CT molecular complexity index is 1130. The third-order valence-electron chi connectivity index (χ3n) is 8.35. The Morgan fingerprint density at radius 1 is 1.00 bits per heavy atom. The Labute approximate surface area is 198 Å². The van der Waals surface area contributed by atoms with Gasteiger partial charge in [0.15, 0.2) is 0 Å². The van der Waals surface area contributed by atoms with Gasteiger partial charge < -0.3 is 20.1 Å². The summed E-state index contributed by atoms with van der Waals surface area (Å²) < 4.78 is 5.67. The van der Waals surface area contributed by atoms with Crippen molar-refractivity contribution in [3.05, 3.63) is 59.7 Å². The van der Waals surface area contributed by atoms with Crippen LogP contribution in [0, 0.1) is 11.8 Å². The molecule has 7 rings (SSSR count). The molecule has 2 saturated carbocycles. The zero-order chi connectivity index (χ0) is 23.4. The van der Waals surface area contributed by atoms with Gasteiger partial charge in [-0.15, -0.1) is 0 Å². The molecule has 0 spiro atoms. The minimum Gasteiger partial charge on any atom is -0.479 e. The van der Waals surface area contributed by atoms with E-state index in [-0.39, 0.29) is 30.4 Å². The fourth-order valence-corrected chi connectivity index (χ4v) is 6.69. The van der Waals surface area contributed by atoms with Crippen LogP contribution < -0.4 is 5.32 Å². The lowest BCUT2D eigenvalue weighted by Gasteiger charge is -2.39. The zero-order valence-corrected chi connectivity index (χ0v) is 18.9. The first-order valence-corrected chi connectivity index (χ1v) is 12.1. The van der Waals surface area contributed by atoms with Gasteiger partial charge in [-0.2, -0.15) is 0 Å². The second kappa shape index (κ2) is 7.86. The molecule has 2 amide bonds. The summed E-state index contributed by atoms with van der Waals surface area (Å²) >= 11 is 0. The number of benzene rings is 2. The summed E-state index contributed by atoms with van der Waals surface area (Å²) in [6.45, 7) is 0.737. The summed E-state index contributed by atoms with van der Waals surface area (Å²) in [4.78, 5) is 39.5. The van der Waals surface area contributed by atoms with Crippen molar-refractivity contribution in [1.29, 1.82) is 0 Å². The number of aliphatic carboxylic acids is 1. The van der Waals surface area contributed by atoms with Crippen LogP contribution in [0.5, 0.6) is 0 Å². The number of rotatable bonds is 5. The summed E-state index contributed by atoms with van der Waals surface area (Å²) in [5.41, 5.74) is 3.61. The van der Waals surface area contributed by atoms with Gasteiger partial charge in [0, 0.05) is 18.5 Å². The molecule has 2 N–H and O–H groups in total.